The van der Waals surface area contributed by atoms with E-state index in [4.69, 9.17) is 5.73 Å². The molecule has 0 unspecified atom stereocenters. The van der Waals surface area contributed by atoms with Crippen LogP contribution in [0, 0.1) is 0 Å². The first-order valence-corrected chi connectivity index (χ1v) is 6.46. The highest BCUT2D eigenvalue weighted by Gasteiger charge is 2.11. The molecule has 0 atom stereocenters. The van der Waals surface area contributed by atoms with Crippen LogP contribution in [0.15, 0.2) is 34.8 Å². The number of rotatable bonds is 3. The summed E-state index contributed by atoms with van der Waals surface area (Å²) in [5.41, 5.74) is 8.82. The van der Waals surface area contributed by atoms with E-state index in [1.165, 1.54) is 5.69 Å². The van der Waals surface area contributed by atoms with E-state index in [-0.39, 0.29) is 0 Å². The molecule has 3 nitrogen and oxygen atoms in total. The minimum atomic E-state index is 0.418. The molecule has 90 valence electrons. The lowest BCUT2D eigenvalue weighted by atomic mass is 10.1. The highest BCUT2D eigenvalue weighted by Crippen LogP contribution is 2.22. The van der Waals surface area contributed by atoms with E-state index in [0.717, 1.165) is 15.9 Å². The fourth-order valence-corrected chi connectivity index (χ4v) is 2.16. The lowest BCUT2D eigenvalue weighted by Gasteiger charge is -2.10. The molecule has 0 aliphatic heterocycles. The third-order valence-corrected chi connectivity index (χ3v) is 3.13. The molecular formula is C13H16BrN3. The lowest BCUT2D eigenvalue weighted by molar-refractivity contribution is 0.726. The Morgan fingerprint density at radius 2 is 2.12 bits per heavy atom. The maximum Gasteiger partial charge on any atom is 0.0767 e. The summed E-state index contributed by atoms with van der Waals surface area (Å²) in [6.45, 7) is 4.79. The normalized spacial score (nSPS) is 11.1. The van der Waals surface area contributed by atoms with Gasteiger partial charge >= 0.3 is 0 Å². The average Bonchev–Trinajstić information content (AvgIpc) is 2.73. The van der Waals surface area contributed by atoms with Crippen LogP contribution >= 0.6 is 15.9 Å². The second kappa shape index (κ2) is 5.02. The Morgan fingerprint density at radius 1 is 1.35 bits per heavy atom. The molecule has 17 heavy (non-hydrogen) atoms. The van der Waals surface area contributed by atoms with E-state index < -0.39 is 0 Å². The molecule has 2 aromatic rings. The number of hydrogen-bond acceptors (Lipinski definition) is 2. The fraction of sp³-hybridized carbons (Fsp3) is 0.308. The van der Waals surface area contributed by atoms with Gasteiger partial charge in [-0.05, 0) is 30.2 Å². The molecular weight excluding hydrogens is 278 g/mol. The van der Waals surface area contributed by atoms with Crippen LogP contribution in [0.4, 0.5) is 0 Å². The molecule has 1 aromatic carbocycles. The second-order valence-electron chi connectivity index (χ2n) is 4.31. The number of benzene rings is 1. The van der Waals surface area contributed by atoms with Gasteiger partial charge in [-0.25, -0.2) is 4.68 Å². The maximum atomic E-state index is 5.66. The standard InChI is InChI=1S/C13H16BrN3/c1-9(2)13-7-11(8-15)16-17(13)12-5-3-4-10(14)6-12/h3-7,9H,8,15H2,1-2H3. The van der Waals surface area contributed by atoms with E-state index in [1.807, 2.05) is 22.9 Å². The Bertz CT molecular complexity index is 517. The van der Waals surface area contributed by atoms with Crippen molar-refractivity contribution in [3.63, 3.8) is 0 Å². The molecule has 0 amide bonds. The molecule has 2 N–H and O–H groups in total. The number of hydrogen-bond donors (Lipinski definition) is 1. The van der Waals surface area contributed by atoms with Gasteiger partial charge < -0.3 is 5.73 Å². The van der Waals surface area contributed by atoms with Crippen molar-refractivity contribution < 1.29 is 0 Å². The number of aromatic nitrogens is 2. The Hall–Kier alpha value is -1.13. The van der Waals surface area contributed by atoms with Crippen LogP contribution in [0.25, 0.3) is 5.69 Å². The number of nitrogens with two attached hydrogens (primary N) is 1. The van der Waals surface area contributed by atoms with Crippen LogP contribution in [-0.4, -0.2) is 9.78 Å². The Balaban J connectivity index is 2.53. The van der Waals surface area contributed by atoms with Crippen LogP contribution in [-0.2, 0) is 6.54 Å². The zero-order valence-corrected chi connectivity index (χ0v) is 11.6. The molecule has 0 aliphatic rings. The quantitative estimate of drug-likeness (QED) is 0.944. The average molecular weight is 294 g/mol. The number of halogens is 1. The summed E-state index contributed by atoms with van der Waals surface area (Å²) in [5.74, 6) is 0.418. The third kappa shape index (κ3) is 2.58. The van der Waals surface area contributed by atoms with Crippen LogP contribution in [0.1, 0.15) is 31.2 Å². The van der Waals surface area contributed by atoms with E-state index in [1.54, 1.807) is 0 Å². The fourth-order valence-electron chi connectivity index (χ4n) is 1.77. The first-order valence-electron chi connectivity index (χ1n) is 5.66. The van der Waals surface area contributed by atoms with Crippen LogP contribution in [0.2, 0.25) is 0 Å². The Morgan fingerprint density at radius 3 is 2.71 bits per heavy atom. The summed E-state index contributed by atoms with van der Waals surface area (Å²) >= 11 is 3.48. The molecule has 1 heterocycles. The summed E-state index contributed by atoms with van der Waals surface area (Å²) < 4.78 is 3.02. The Labute approximate surface area is 110 Å². The van der Waals surface area contributed by atoms with Crippen molar-refractivity contribution in [1.82, 2.24) is 9.78 Å². The van der Waals surface area contributed by atoms with Gasteiger partial charge in [0.25, 0.3) is 0 Å². The summed E-state index contributed by atoms with van der Waals surface area (Å²) in [5, 5.41) is 4.53. The van der Waals surface area contributed by atoms with Gasteiger partial charge in [0.05, 0.1) is 11.4 Å². The molecule has 0 fully saturated rings. The van der Waals surface area contributed by atoms with Gasteiger partial charge in [-0.3, -0.25) is 0 Å². The number of nitrogens with zero attached hydrogens (tertiary/aromatic N) is 2. The molecule has 0 saturated heterocycles. The third-order valence-electron chi connectivity index (χ3n) is 2.64. The molecule has 0 saturated carbocycles. The minimum Gasteiger partial charge on any atom is -0.325 e. The van der Waals surface area contributed by atoms with Crippen molar-refractivity contribution >= 4 is 15.9 Å². The monoisotopic (exact) mass is 293 g/mol. The minimum absolute atomic E-state index is 0.418. The molecule has 1 aromatic heterocycles. The summed E-state index contributed by atoms with van der Waals surface area (Å²) in [4.78, 5) is 0. The van der Waals surface area contributed by atoms with Crippen molar-refractivity contribution in [2.45, 2.75) is 26.3 Å². The zero-order valence-electron chi connectivity index (χ0n) is 10.0. The largest absolute Gasteiger partial charge is 0.325 e. The second-order valence-corrected chi connectivity index (χ2v) is 5.23. The van der Waals surface area contributed by atoms with Crippen LogP contribution in [0.5, 0.6) is 0 Å². The van der Waals surface area contributed by atoms with E-state index in [9.17, 15) is 0 Å². The smallest absolute Gasteiger partial charge is 0.0767 e. The van der Waals surface area contributed by atoms with Crippen molar-refractivity contribution in [2.75, 3.05) is 0 Å². The van der Waals surface area contributed by atoms with Gasteiger partial charge in [0, 0.05) is 16.7 Å². The molecule has 0 bridgehead atoms. The first kappa shape index (κ1) is 12.3. The SMILES string of the molecule is CC(C)c1cc(CN)nn1-c1cccc(Br)c1. The van der Waals surface area contributed by atoms with Crippen molar-refractivity contribution in [1.29, 1.82) is 0 Å². The maximum absolute atomic E-state index is 5.66. The molecule has 0 spiro atoms. The topological polar surface area (TPSA) is 43.8 Å². The molecule has 4 heteroatoms. The van der Waals surface area contributed by atoms with Gasteiger partial charge in [0.1, 0.15) is 0 Å². The predicted molar refractivity (Wildman–Crippen MR) is 73.2 cm³/mol. The first-order chi connectivity index (χ1) is 8.11. The van der Waals surface area contributed by atoms with Gasteiger partial charge in [-0.15, -0.1) is 0 Å². The van der Waals surface area contributed by atoms with Crippen LogP contribution < -0.4 is 5.73 Å². The van der Waals surface area contributed by atoms with Crippen molar-refractivity contribution in [2.24, 2.45) is 5.73 Å². The van der Waals surface area contributed by atoms with Gasteiger partial charge in [0.2, 0.25) is 0 Å². The van der Waals surface area contributed by atoms with Gasteiger partial charge in [0.15, 0.2) is 0 Å². The lowest BCUT2D eigenvalue weighted by Crippen LogP contribution is -2.04. The van der Waals surface area contributed by atoms with Crippen LogP contribution in [0.3, 0.4) is 0 Å². The summed E-state index contributed by atoms with van der Waals surface area (Å²) in [6, 6.07) is 10.2. The molecule has 0 aliphatic carbocycles. The van der Waals surface area contributed by atoms with E-state index >= 15 is 0 Å². The Kier molecular flexibility index (Phi) is 3.64. The van der Waals surface area contributed by atoms with Gasteiger partial charge in [-0.2, -0.15) is 5.10 Å². The molecule has 0 radical (unpaired) electrons. The van der Waals surface area contributed by atoms with Gasteiger partial charge in [-0.1, -0.05) is 35.8 Å². The summed E-state index contributed by atoms with van der Waals surface area (Å²) in [7, 11) is 0. The highest BCUT2D eigenvalue weighted by atomic mass is 79.9. The summed E-state index contributed by atoms with van der Waals surface area (Å²) in [6.07, 6.45) is 0. The zero-order chi connectivity index (χ0) is 12.4. The van der Waals surface area contributed by atoms with Crippen molar-refractivity contribution in [3.8, 4) is 5.69 Å². The molecule has 2 rings (SSSR count). The van der Waals surface area contributed by atoms with E-state index in [2.05, 4.69) is 47.0 Å². The highest BCUT2D eigenvalue weighted by molar-refractivity contribution is 9.10. The predicted octanol–water partition coefficient (Wildman–Crippen LogP) is 3.22. The van der Waals surface area contributed by atoms with Crippen molar-refractivity contribution in [3.05, 3.63) is 46.2 Å². The van der Waals surface area contributed by atoms with E-state index in [0.29, 0.717) is 12.5 Å².